The maximum absolute atomic E-state index is 13.9. The zero-order valence-corrected chi connectivity index (χ0v) is 27.3. The Kier molecular flexibility index (Phi) is 9.77. The number of carboxylic acids is 1. The summed E-state index contributed by atoms with van der Waals surface area (Å²) in [7, 11) is 0. The second kappa shape index (κ2) is 14.1. The maximum atomic E-state index is 13.9. The molecule has 2 N–H and O–H groups in total. The second-order valence-electron chi connectivity index (χ2n) is 13.0. The summed E-state index contributed by atoms with van der Waals surface area (Å²) in [5, 5.41) is 20.7. The van der Waals surface area contributed by atoms with Gasteiger partial charge < -0.3 is 19.7 Å². The number of phenolic OH excluding ortho intramolecular Hbond substituents is 1. The number of carbonyl (C=O) groups is 2. The summed E-state index contributed by atoms with van der Waals surface area (Å²) in [6.07, 6.45) is 3.80. The number of aromatic nitrogens is 1. The minimum absolute atomic E-state index is 0.0335. The Balaban J connectivity index is 1.17. The standard InChI is InChI=1S/C38H45N5O4/c1-4-15-41-23-28(3)43(24-27(41)2)37(30-9-6-12-33(44)22-30)29-8-5-10-31(21-29)38(47)40-19-17-39(18-20-40)25-32-11-7-13-35-34(32)14-16-42(35)26-36(45)46/h4-14,16,21-22,27-28,37,44H,1,15,17-20,23-26H2,2-3H3,(H,45,46)/t27-,28+,37?/m1/s1. The molecule has 3 heterocycles. The molecule has 246 valence electrons. The first-order valence-electron chi connectivity index (χ1n) is 16.5. The molecule has 1 unspecified atom stereocenters. The number of nitrogens with zero attached hydrogens (tertiary/aromatic N) is 5. The highest BCUT2D eigenvalue weighted by Crippen LogP contribution is 2.35. The molecule has 0 radical (unpaired) electrons. The molecular formula is C38H45N5O4. The van der Waals surface area contributed by atoms with Gasteiger partial charge in [-0.05, 0) is 66.9 Å². The first-order valence-corrected chi connectivity index (χ1v) is 16.5. The number of carbonyl (C=O) groups excluding carboxylic acids is 1. The van der Waals surface area contributed by atoms with Crippen LogP contribution in [0.4, 0.5) is 0 Å². The third-order valence-electron chi connectivity index (χ3n) is 9.76. The Morgan fingerprint density at radius 2 is 1.64 bits per heavy atom. The van der Waals surface area contributed by atoms with Crippen molar-refractivity contribution in [2.45, 2.75) is 45.1 Å². The first kappa shape index (κ1) is 32.5. The lowest BCUT2D eigenvalue weighted by atomic mass is 9.92. The van der Waals surface area contributed by atoms with Crippen molar-refractivity contribution in [3.05, 3.63) is 114 Å². The van der Waals surface area contributed by atoms with Crippen LogP contribution in [-0.2, 0) is 17.9 Å². The molecule has 9 nitrogen and oxygen atoms in total. The summed E-state index contributed by atoms with van der Waals surface area (Å²) in [6, 6.07) is 24.0. The predicted molar refractivity (Wildman–Crippen MR) is 185 cm³/mol. The molecule has 47 heavy (non-hydrogen) atoms. The molecule has 2 aliphatic rings. The van der Waals surface area contributed by atoms with Gasteiger partial charge in [0, 0.05) is 87.1 Å². The molecule has 6 rings (SSSR count). The summed E-state index contributed by atoms with van der Waals surface area (Å²) in [5.41, 5.74) is 4.81. The molecule has 0 saturated carbocycles. The van der Waals surface area contributed by atoms with Gasteiger partial charge in [0.1, 0.15) is 12.3 Å². The lowest BCUT2D eigenvalue weighted by molar-refractivity contribution is -0.137. The van der Waals surface area contributed by atoms with E-state index in [0.717, 1.165) is 66.9 Å². The van der Waals surface area contributed by atoms with Crippen LogP contribution in [0.1, 0.15) is 46.9 Å². The molecule has 0 spiro atoms. The van der Waals surface area contributed by atoms with Crippen molar-refractivity contribution < 1.29 is 19.8 Å². The molecular weight excluding hydrogens is 590 g/mol. The minimum Gasteiger partial charge on any atom is -0.508 e. The quantitative estimate of drug-likeness (QED) is 0.236. The van der Waals surface area contributed by atoms with E-state index in [-0.39, 0.29) is 30.3 Å². The lowest BCUT2D eigenvalue weighted by Crippen LogP contribution is -2.57. The van der Waals surface area contributed by atoms with E-state index in [1.165, 1.54) is 0 Å². The molecule has 4 aromatic rings. The number of hydrogen-bond donors (Lipinski definition) is 2. The normalized spacial score (nSPS) is 20.3. The van der Waals surface area contributed by atoms with E-state index in [1.54, 1.807) is 10.6 Å². The van der Waals surface area contributed by atoms with Crippen molar-refractivity contribution in [1.29, 1.82) is 0 Å². The van der Waals surface area contributed by atoms with Crippen LogP contribution in [0.25, 0.3) is 10.9 Å². The Morgan fingerprint density at radius 3 is 2.36 bits per heavy atom. The number of aliphatic carboxylic acids is 1. The summed E-state index contributed by atoms with van der Waals surface area (Å²) in [5.74, 6) is -0.593. The number of hydrogen-bond acceptors (Lipinski definition) is 6. The summed E-state index contributed by atoms with van der Waals surface area (Å²) < 4.78 is 1.76. The van der Waals surface area contributed by atoms with E-state index >= 15 is 0 Å². The van der Waals surface area contributed by atoms with Gasteiger partial charge in [-0.25, -0.2) is 0 Å². The van der Waals surface area contributed by atoms with Crippen molar-refractivity contribution >= 4 is 22.8 Å². The van der Waals surface area contributed by atoms with E-state index in [9.17, 15) is 19.8 Å². The second-order valence-corrected chi connectivity index (χ2v) is 13.0. The van der Waals surface area contributed by atoms with Gasteiger partial charge >= 0.3 is 5.97 Å². The summed E-state index contributed by atoms with van der Waals surface area (Å²) in [4.78, 5) is 34.4. The molecule has 2 fully saturated rings. The van der Waals surface area contributed by atoms with E-state index in [1.807, 2.05) is 65.7 Å². The summed E-state index contributed by atoms with van der Waals surface area (Å²) in [6.45, 7) is 14.5. The highest BCUT2D eigenvalue weighted by atomic mass is 16.4. The van der Waals surface area contributed by atoms with E-state index in [4.69, 9.17) is 0 Å². The van der Waals surface area contributed by atoms with Crippen molar-refractivity contribution in [2.24, 2.45) is 0 Å². The van der Waals surface area contributed by atoms with Gasteiger partial charge in [-0.3, -0.25) is 24.3 Å². The van der Waals surface area contributed by atoms with Crippen LogP contribution in [-0.4, -0.2) is 104 Å². The van der Waals surface area contributed by atoms with Gasteiger partial charge in [0.05, 0.1) is 6.04 Å². The number of piperazine rings is 2. The molecule has 9 heteroatoms. The van der Waals surface area contributed by atoms with Crippen LogP contribution in [0.2, 0.25) is 0 Å². The van der Waals surface area contributed by atoms with Crippen molar-refractivity contribution in [3.63, 3.8) is 0 Å². The lowest BCUT2D eigenvalue weighted by Gasteiger charge is -2.47. The van der Waals surface area contributed by atoms with Gasteiger partial charge in [-0.2, -0.15) is 0 Å². The minimum atomic E-state index is -0.861. The molecule has 0 aliphatic carbocycles. The van der Waals surface area contributed by atoms with Gasteiger partial charge in [-0.15, -0.1) is 6.58 Å². The Morgan fingerprint density at radius 1 is 0.915 bits per heavy atom. The third-order valence-corrected chi connectivity index (χ3v) is 9.76. The zero-order valence-electron chi connectivity index (χ0n) is 27.3. The number of rotatable bonds is 10. The molecule has 3 atom stereocenters. The topological polar surface area (TPSA) is 92.5 Å². The SMILES string of the molecule is C=CCN1C[C@H](C)N(C(c2cccc(O)c2)c2cccc(C(=O)N3CCN(Cc4cccc5c4ccn5CC(=O)O)CC3)c2)C[C@H]1C. The smallest absolute Gasteiger partial charge is 0.323 e. The Hall–Kier alpha value is -4.44. The number of benzene rings is 3. The molecule has 3 aromatic carbocycles. The van der Waals surface area contributed by atoms with Crippen molar-refractivity contribution in [2.75, 3.05) is 45.8 Å². The van der Waals surface area contributed by atoms with Gasteiger partial charge in [0.15, 0.2) is 0 Å². The van der Waals surface area contributed by atoms with E-state index < -0.39 is 5.97 Å². The van der Waals surface area contributed by atoms with Crippen molar-refractivity contribution in [3.8, 4) is 5.75 Å². The Bertz CT molecular complexity index is 1740. The fourth-order valence-electron chi connectivity index (χ4n) is 7.36. The third kappa shape index (κ3) is 7.12. The number of carboxylic acid groups (broad SMARTS) is 1. The van der Waals surface area contributed by atoms with E-state index in [0.29, 0.717) is 24.7 Å². The van der Waals surface area contributed by atoms with Gasteiger partial charge in [0.25, 0.3) is 5.91 Å². The number of fused-ring (bicyclic) bond motifs is 1. The molecule has 0 bridgehead atoms. The highest BCUT2D eigenvalue weighted by molar-refractivity contribution is 5.94. The number of amides is 1. The average molecular weight is 636 g/mol. The Labute approximate surface area is 276 Å². The van der Waals surface area contributed by atoms with Crippen LogP contribution >= 0.6 is 0 Å². The molecule has 2 aliphatic heterocycles. The number of phenols is 1. The van der Waals surface area contributed by atoms with Crippen LogP contribution in [0.5, 0.6) is 5.75 Å². The van der Waals surface area contributed by atoms with Crippen LogP contribution in [0.3, 0.4) is 0 Å². The van der Waals surface area contributed by atoms with Crippen LogP contribution in [0, 0.1) is 0 Å². The van der Waals surface area contributed by atoms with E-state index in [2.05, 4.69) is 53.3 Å². The molecule has 2 saturated heterocycles. The predicted octanol–water partition coefficient (Wildman–Crippen LogP) is 5.06. The van der Waals surface area contributed by atoms with Crippen LogP contribution < -0.4 is 0 Å². The zero-order chi connectivity index (χ0) is 33.1. The molecule has 1 amide bonds. The van der Waals surface area contributed by atoms with Crippen LogP contribution in [0.15, 0.2) is 91.6 Å². The number of aromatic hydroxyl groups is 1. The summed E-state index contributed by atoms with van der Waals surface area (Å²) >= 11 is 0. The average Bonchev–Trinajstić information content (AvgIpc) is 3.46. The first-order chi connectivity index (χ1) is 22.7. The fraction of sp³-hybridized carbons (Fsp3) is 0.368. The monoisotopic (exact) mass is 635 g/mol. The van der Waals surface area contributed by atoms with Gasteiger partial charge in [0.2, 0.25) is 0 Å². The highest BCUT2D eigenvalue weighted by Gasteiger charge is 2.35. The van der Waals surface area contributed by atoms with Crippen molar-refractivity contribution in [1.82, 2.24) is 24.2 Å². The van der Waals surface area contributed by atoms with Gasteiger partial charge in [-0.1, -0.05) is 42.5 Å². The molecule has 1 aromatic heterocycles. The largest absolute Gasteiger partial charge is 0.508 e. The fourth-order valence-corrected chi connectivity index (χ4v) is 7.36. The maximum Gasteiger partial charge on any atom is 0.323 e.